The number of nitrogens with zero attached hydrogens (tertiary/aromatic N) is 1. The molecule has 1 fully saturated rings. The molecule has 1 aromatic heterocycles. The average molecular weight is 251 g/mol. The highest BCUT2D eigenvalue weighted by molar-refractivity contribution is 7.12. The predicted octanol–water partition coefficient (Wildman–Crippen LogP) is 3.59. The molecule has 0 bridgehead atoms. The molecule has 1 heterocycles. The van der Waals surface area contributed by atoms with Gasteiger partial charge in [-0.15, -0.1) is 11.3 Å². The summed E-state index contributed by atoms with van der Waals surface area (Å²) in [6.45, 7) is 0.575. The van der Waals surface area contributed by atoms with Crippen molar-refractivity contribution in [1.29, 1.82) is 0 Å². The molecule has 1 aliphatic carbocycles. The van der Waals surface area contributed by atoms with Gasteiger partial charge in [0.15, 0.2) is 5.78 Å². The number of likely N-dealkylation sites (N-methyl/N-ethyl adjacent to an activating group) is 1. The van der Waals surface area contributed by atoms with Crippen molar-refractivity contribution in [3.05, 3.63) is 22.4 Å². The monoisotopic (exact) mass is 251 g/mol. The van der Waals surface area contributed by atoms with Crippen molar-refractivity contribution in [3.63, 3.8) is 0 Å². The van der Waals surface area contributed by atoms with Gasteiger partial charge in [0, 0.05) is 6.04 Å². The molecule has 0 radical (unpaired) electrons. The van der Waals surface area contributed by atoms with E-state index < -0.39 is 0 Å². The van der Waals surface area contributed by atoms with Crippen LogP contribution in [0.4, 0.5) is 0 Å². The summed E-state index contributed by atoms with van der Waals surface area (Å²) in [5.41, 5.74) is 0. The molecule has 0 aromatic carbocycles. The highest BCUT2D eigenvalue weighted by Gasteiger charge is 2.19. The van der Waals surface area contributed by atoms with Crippen LogP contribution in [0, 0.1) is 0 Å². The van der Waals surface area contributed by atoms with Gasteiger partial charge in [-0.2, -0.15) is 0 Å². The van der Waals surface area contributed by atoms with Gasteiger partial charge in [-0.25, -0.2) is 0 Å². The minimum absolute atomic E-state index is 0.270. The van der Waals surface area contributed by atoms with Crippen LogP contribution in [0.2, 0.25) is 0 Å². The zero-order chi connectivity index (χ0) is 12.1. The van der Waals surface area contributed by atoms with Crippen molar-refractivity contribution in [1.82, 2.24) is 4.90 Å². The third-order valence-corrected chi connectivity index (χ3v) is 4.55. The van der Waals surface area contributed by atoms with Crippen LogP contribution < -0.4 is 0 Å². The fourth-order valence-corrected chi connectivity index (χ4v) is 3.23. The molecule has 94 valence electrons. The lowest BCUT2D eigenvalue weighted by Crippen LogP contribution is -2.35. The Balaban J connectivity index is 1.87. The predicted molar refractivity (Wildman–Crippen MR) is 72.8 cm³/mol. The Kier molecular flexibility index (Phi) is 4.75. The van der Waals surface area contributed by atoms with Crippen molar-refractivity contribution in [2.75, 3.05) is 13.6 Å². The molecule has 0 N–H and O–H groups in total. The minimum Gasteiger partial charge on any atom is -0.296 e. The number of carbonyl (C=O) groups excluding carboxylic acids is 1. The van der Waals surface area contributed by atoms with Crippen LogP contribution in [0.25, 0.3) is 0 Å². The van der Waals surface area contributed by atoms with E-state index in [1.807, 2.05) is 17.5 Å². The summed E-state index contributed by atoms with van der Waals surface area (Å²) in [4.78, 5) is 15.2. The Morgan fingerprint density at radius 3 is 2.65 bits per heavy atom. The maximum Gasteiger partial charge on any atom is 0.186 e. The van der Waals surface area contributed by atoms with Crippen LogP contribution in [-0.4, -0.2) is 30.3 Å². The van der Waals surface area contributed by atoms with Crippen molar-refractivity contribution in [3.8, 4) is 0 Å². The smallest absolute Gasteiger partial charge is 0.186 e. The zero-order valence-electron chi connectivity index (χ0n) is 10.5. The molecule has 0 saturated heterocycles. The first-order chi connectivity index (χ1) is 8.27. The molecule has 2 rings (SSSR count). The number of hydrogen-bond donors (Lipinski definition) is 0. The van der Waals surface area contributed by atoms with Crippen LogP contribution in [0.15, 0.2) is 17.5 Å². The molecule has 0 aliphatic heterocycles. The van der Waals surface area contributed by atoms with E-state index in [4.69, 9.17) is 0 Å². The maximum atomic E-state index is 12.0. The molecule has 3 heteroatoms. The lowest BCUT2D eigenvalue weighted by atomic mass is 10.1. The minimum atomic E-state index is 0.270. The van der Waals surface area contributed by atoms with Crippen molar-refractivity contribution in [2.45, 2.75) is 44.6 Å². The highest BCUT2D eigenvalue weighted by atomic mass is 32.1. The molecule has 0 spiro atoms. The fraction of sp³-hybridized carbons (Fsp3) is 0.643. The van der Waals surface area contributed by atoms with Gasteiger partial charge in [0.1, 0.15) is 0 Å². The van der Waals surface area contributed by atoms with Crippen LogP contribution in [0.3, 0.4) is 0 Å². The van der Waals surface area contributed by atoms with E-state index in [0.29, 0.717) is 12.6 Å². The number of ketones is 1. The van der Waals surface area contributed by atoms with Gasteiger partial charge in [-0.1, -0.05) is 31.7 Å². The number of rotatable bonds is 4. The Labute approximate surface area is 108 Å². The summed E-state index contributed by atoms with van der Waals surface area (Å²) >= 11 is 1.55. The van der Waals surface area contributed by atoms with E-state index in [1.165, 1.54) is 38.5 Å². The van der Waals surface area contributed by atoms with Gasteiger partial charge < -0.3 is 0 Å². The Bertz CT molecular complexity index is 339. The molecule has 17 heavy (non-hydrogen) atoms. The average Bonchev–Trinajstić information content (AvgIpc) is 2.71. The largest absolute Gasteiger partial charge is 0.296 e. The second kappa shape index (κ2) is 6.31. The van der Waals surface area contributed by atoms with E-state index >= 15 is 0 Å². The normalized spacial score (nSPS) is 18.2. The van der Waals surface area contributed by atoms with Gasteiger partial charge in [0.05, 0.1) is 11.4 Å². The number of thiophene rings is 1. The van der Waals surface area contributed by atoms with Crippen LogP contribution in [0.1, 0.15) is 48.2 Å². The Morgan fingerprint density at radius 2 is 2.06 bits per heavy atom. The van der Waals surface area contributed by atoms with Crippen molar-refractivity contribution < 1.29 is 4.79 Å². The molecule has 1 aromatic rings. The lowest BCUT2D eigenvalue weighted by molar-refractivity contribution is 0.0916. The molecule has 1 saturated carbocycles. The van der Waals surface area contributed by atoms with Crippen LogP contribution in [-0.2, 0) is 0 Å². The fourth-order valence-electron chi connectivity index (χ4n) is 2.57. The quantitative estimate of drug-likeness (QED) is 0.602. The summed E-state index contributed by atoms with van der Waals surface area (Å²) in [6.07, 6.45) is 7.89. The van der Waals surface area contributed by atoms with E-state index in [2.05, 4.69) is 11.9 Å². The van der Waals surface area contributed by atoms with Gasteiger partial charge in [-0.3, -0.25) is 9.69 Å². The first kappa shape index (κ1) is 12.8. The van der Waals surface area contributed by atoms with E-state index in [0.717, 1.165) is 4.88 Å². The third kappa shape index (κ3) is 3.65. The van der Waals surface area contributed by atoms with Crippen molar-refractivity contribution >= 4 is 17.1 Å². The molecular formula is C14H21NOS. The third-order valence-electron chi connectivity index (χ3n) is 3.64. The Morgan fingerprint density at radius 1 is 1.35 bits per heavy atom. The van der Waals surface area contributed by atoms with E-state index in [-0.39, 0.29) is 5.78 Å². The summed E-state index contributed by atoms with van der Waals surface area (Å²) in [6, 6.07) is 4.48. The molecule has 1 aliphatic rings. The lowest BCUT2D eigenvalue weighted by Gasteiger charge is -2.26. The first-order valence-corrected chi connectivity index (χ1v) is 7.42. The highest BCUT2D eigenvalue weighted by Crippen LogP contribution is 2.21. The second-order valence-corrected chi connectivity index (χ2v) is 5.91. The van der Waals surface area contributed by atoms with Gasteiger partial charge in [0.2, 0.25) is 0 Å². The summed E-state index contributed by atoms with van der Waals surface area (Å²) in [7, 11) is 2.10. The zero-order valence-corrected chi connectivity index (χ0v) is 11.3. The maximum absolute atomic E-state index is 12.0. The topological polar surface area (TPSA) is 20.3 Å². The Hall–Kier alpha value is -0.670. The summed E-state index contributed by atoms with van der Waals surface area (Å²) < 4.78 is 0. The van der Waals surface area contributed by atoms with Crippen LogP contribution >= 0.6 is 11.3 Å². The standard InChI is InChI=1S/C14H21NOS/c1-15(12-7-4-2-3-5-8-12)11-13(16)14-9-6-10-17-14/h6,9-10,12H,2-5,7-8,11H2,1H3. The summed E-state index contributed by atoms with van der Waals surface area (Å²) in [5, 5.41) is 1.97. The van der Waals surface area contributed by atoms with Crippen molar-refractivity contribution in [2.24, 2.45) is 0 Å². The second-order valence-electron chi connectivity index (χ2n) is 4.96. The van der Waals surface area contributed by atoms with E-state index in [9.17, 15) is 4.79 Å². The molecular weight excluding hydrogens is 230 g/mol. The van der Waals surface area contributed by atoms with E-state index in [1.54, 1.807) is 11.3 Å². The van der Waals surface area contributed by atoms with Gasteiger partial charge >= 0.3 is 0 Å². The number of carbonyl (C=O) groups is 1. The molecule has 0 amide bonds. The SMILES string of the molecule is CN(CC(=O)c1cccs1)C1CCCCCC1. The van der Waals surface area contributed by atoms with Gasteiger partial charge in [-0.05, 0) is 31.3 Å². The van der Waals surface area contributed by atoms with Crippen LogP contribution in [0.5, 0.6) is 0 Å². The molecule has 0 atom stereocenters. The molecule has 2 nitrogen and oxygen atoms in total. The number of hydrogen-bond acceptors (Lipinski definition) is 3. The number of Topliss-reactive ketones (excluding diaryl/α,β-unsaturated/α-hetero) is 1. The van der Waals surface area contributed by atoms with Gasteiger partial charge in [0.25, 0.3) is 0 Å². The first-order valence-electron chi connectivity index (χ1n) is 6.54. The summed E-state index contributed by atoms with van der Waals surface area (Å²) in [5.74, 6) is 0.270. The molecule has 0 unspecified atom stereocenters.